The summed E-state index contributed by atoms with van der Waals surface area (Å²) in [6.07, 6.45) is 2.50. The van der Waals surface area contributed by atoms with E-state index < -0.39 is 0 Å². The molecule has 0 unspecified atom stereocenters. The van der Waals surface area contributed by atoms with Gasteiger partial charge in [0.25, 0.3) is 0 Å². The van der Waals surface area contributed by atoms with Crippen LogP contribution in [0.15, 0.2) is 30.9 Å². The first-order valence-electron chi connectivity index (χ1n) is 5.52. The molecule has 0 aliphatic rings. The van der Waals surface area contributed by atoms with Crippen LogP contribution in [0, 0.1) is 0 Å². The molecule has 0 amide bonds. The van der Waals surface area contributed by atoms with E-state index in [1.807, 2.05) is 25.1 Å². The van der Waals surface area contributed by atoms with Gasteiger partial charge < -0.3 is 15.2 Å². The van der Waals surface area contributed by atoms with E-state index in [-0.39, 0.29) is 0 Å². The quantitative estimate of drug-likeness (QED) is 0.717. The van der Waals surface area contributed by atoms with Gasteiger partial charge in [-0.1, -0.05) is 24.8 Å². The van der Waals surface area contributed by atoms with Gasteiger partial charge in [-0.3, -0.25) is 0 Å². The fraction of sp³-hybridized carbons (Fsp3) is 0.385. The van der Waals surface area contributed by atoms with Crippen LogP contribution < -0.4 is 15.2 Å². The fourth-order valence-electron chi connectivity index (χ4n) is 1.49. The smallest absolute Gasteiger partial charge is 0.164 e. The highest BCUT2D eigenvalue weighted by atomic mass is 16.5. The molecule has 88 valence electrons. The second-order valence-corrected chi connectivity index (χ2v) is 3.32. The summed E-state index contributed by atoms with van der Waals surface area (Å²) in [4.78, 5) is 0. The van der Waals surface area contributed by atoms with Gasteiger partial charge in [0.05, 0.1) is 6.61 Å². The number of hydrogen-bond donors (Lipinski definition) is 1. The summed E-state index contributed by atoms with van der Waals surface area (Å²) in [5, 5.41) is 0. The lowest BCUT2D eigenvalue weighted by Crippen LogP contribution is -2.07. The van der Waals surface area contributed by atoms with Crippen LogP contribution >= 0.6 is 0 Å². The standard InChI is InChI=1S/C13H19NO2/c1-3-10-16-13-11(8-9-14)6-5-7-12(13)15-4-2/h3,5-7H,1,4,8-10,14H2,2H3. The third-order valence-corrected chi connectivity index (χ3v) is 2.12. The Labute approximate surface area is 96.9 Å². The van der Waals surface area contributed by atoms with Crippen molar-refractivity contribution in [3.05, 3.63) is 36.4 Å². The molecule has 0 radical (unpaired) electrons. The van der Waals surface area contributed by atoms with Crippen LogP contribution in [-0.2, 0) is 6.42 Å². The normalized spacial score (nSPS) is 9.88. The van der Waals surface area contributed by atoms with Crippen molar-refractivity contribution in [1.29, 1.82) is 0 Å². The van der Waals surface area contributed by atoms with Crippen molar-refractivity contribution in [3.8, 4) is 11.5 Å². The number of benzene rings is 1. The number of para-hydroxylation sites is 1. The van der Waals surface area contributed by atoms with E-state index in [1.54, 1.807) is 6.08 Å². The van der Waals surface area contributed by atoms with E-state index in [9.17, 15) is 0 Å². The summed E-state index contributed by atoms with van der Waals surface area (Å²) in [5.41, 5.74) is 6.64. The Bertz CT molecular complexity index is 312. The maximum Gasteiger partial charge on any atom is 0.164 e. The highest BCUT2D eigenvalue weighted by Gasteiger charge is 2.09. The van der Waals surface area contributed by atoms with E-state index in [4.69, 9.17) is 15.2 Å². The molecular formula is C13H19NO2. The summed E-state index contributed by atoms with van der Waals surface area (Å²) in [7, 11) is 0. The van der Waals surface area contributed by atoms with Gasteiger partial charge in [0.1, 0.15) is 6.61 Å². The first-order chi connectivity index (χ1) is 7.83. The zero-order chi connectivity index (χ0) is 11.8. The predicted molar refractivity (Wildman–Crippen MR) is 66.1 cm³/mol. The molecule has 1 aromatic rings. The van der Waals surface area contributed by atoms with Crippen molar-refractivity contribution in [3.63, 3.8) is 0 Å². The molecule has 0 saturated carbocycles. The zero-order valence-electron chi connectivity index (χ0n) is 9.74. The summed E-state index contributed by atoms with van der Waals surface area (Å²) in [5.74, 6) is 1.56. The van der Waals surface area contributed by atoms with Gasteiger partial charge in [-0.05, 0) is 31.5 Å². The number of nitrogens with two attached hydrogens (primary N) is 1. The molecular weight excluding hydrogens is 202 g/mol. The lowest BCUT2D eigenvalue weighted by molar-refractivity contribution is 0.294. The summed E-state index contributed by atoms with van der Waals surface area (Å²) in [6.45, 7) is 7.28. The summed E-state index contributed by atoms with van der Waals surface area (Å²) >= 11 is 0. The van der Waals surface area contributed by atoms with Crippen LogP contribution in [-0.4, -0.2) is 19.8 Å². The molecule has 0 atom stereocenters. The van der Waals surface area contributed by atoms with Crippen LogP contribution in [0.5, 0.6) is 11.5 Å². The number of hydrogen-bond acceptors (Lipinski definition) is 3. The molecule has 0 fully saturated rings. The van der Waals surface area contributed by atoms with Gasteiger partial charge in [0.2, 0.25) is 0 Å². The summed E-state index contributed by atoms with van der Waals surface area (Å²) < 4.78 is 11.1. The number of rotatable bonds is 7. The summed E-state index contributed by atoms with van der Waals surface area (Å²) in [6, 6.07) is 5.87. The fourth-order valence-corrected chi connectivity index (χ4v) is 1.49. The molecule has 0 spiro atoms. The molecule has 1 aromatic carbocycles. The molecule has 0 aromatic heterocycles. The molecule has 3 heteroatoms. The highest BCUT2D eigenvalue weighted by molar-refractivity contribution is 5.47. The Kier molecular flexibility index (Phi) is 5.43. The lowest BCUT2D eigenvalue weighted by Gasteiger charge is -2.14. The third-order valence-electron chi connectivity index (χ3n) is 2.12. The molecule has 3 nitrogen and oxygen atoms in total. The van der Waals surface area contributed by atoms with E-state index in [0.29, 0.717) is 19.8 Å². The molecule has 1 rings (SSSR count). The van der Waals surface area contributed by atoms with Gasteiger partial charge in [-0.2, -0.15) is 0 Å². The van der Waals surface area contributed by atoms with E-state index in [2.05, 4.69) is 6.58 Å². The minimum absolute atomic E-state index is 0.474. The average molecular weight is 221 g/mol. The SMILES string of the molecule is C=CCOc1c(CCN)cccc1OCC. The molecule has 0 saturated heterocycles. The van der Waals surface area contributed by atoms with Crippen LogP contribution in [0.2, 0.25) is 0 Å². The molecule has 0 aliphatic heterocycles. The first-order valence-corrected chi connectivity index (χ1v) is 5.52. The third kappa shape index (κ3) is 3.28. The van der Waals surface area contributed by atoms with Crippen molar-refractivity contribution in [2.75, 3.05) is 19.8 Å². The average Bonchev–Trinajstić information content (AvgIpc) is 2.29. The van der Waals surface area contributed by atoms with Crippen molar-refractivity contribution >= 4 is 0 Å². The molecule has 16 heavy (non-hydrogen) atoms. The highest BCUT2D eigenvalue weighted by Crippen LogP contribution is 2.31. The predicted octanol–water partition coefficient (Wildman–Crippen LogP) is 2.15. The Balaban J connectivity index is 2.96. The Morgan fingerprint density at radius 2 is 2.19 bits per heavy atom. The molecule has 0 heterocycles. The van der Waals surface area contributed by atoms with Crippen LogP contribution in [0.4, 0.5) is 0 Å². The molecule has 2 N–H and O–H groups in total. The topological polar surface area (TPSA) is 44.5 Å². The monoisotopic (exact) mass is 221 g/mol. The zero-order valence-corrected chi connectivity index (χ0v) is 9.74. The van der Waals surface area contributed by atoms with Crippen molar-refractivity contribution in [2.24, 2.45) is 5.73 Å². The van der Waals surface area contributed by atoms with Gasteiger partial charge in [-0.15, -0.1) is 0 Å². The van der Waals surface area contributed by atoms with Crippen LogP contribution in [0.1, 0.15) is 12.5 Å². The largest absolute Gasteiger partial charge is 0.490 e. The van der Waals surface area contributed by atoms with E-state index >= 15 is 0 Å². The van der Waals surface area contributed by atoms with E-state index in [1.165, 1.54) is 0 Å². The maximum absolute atomic E-state index is 5.62. The molecule has 0 bridgehead atoms. The second kappa shape index (κ2) is 6.90. The van der Waals surface area contributed by atoms with Gasteiger partial charge in [-0.25, -0.2) is 0 Å². The Morgan fingerprint density at radius 3 is 2.81 bits per heavy atom. The maximum atomic E-state index is 5.62. The van der Waals surface area contributed by atoms with Crippen molar-refractivity contribution in [2.45, 2.75) is 13.3 Å². The van der Waals surface area contributed by atoms with Crippen molar-refractivity contribution < 1.29 is 9.47 Å². The van der Waals surface area contributed by atoms with Crippen LogP contribution in [0.3, 0.4) is 0 Å². The molecule has 0 aliphatic carbocycles. The lowest BCUT2D eigenvalue weighted by atomic mass is 10.1. The Hall–Kier alpha value is -1.48. The van der Waals surface area contributed by atoms with Crippen molar-refractivity contribution in [1.82, 2.24) is 0 Å². The van der Waals surface area contributed by atoms with Crippen LogP contribution in [0.25, 0.3) is 0 Å². The van der Waals surface area contributed by atoms with E-state index in [0.717, 1.165) is 23.5 Å². The minimum Gasteiger partial charge on any atom is -0.490 e. The van der Waals surface area contributed by atoms with Gasteiger partial charge in [0.15, 0.2) is 11.5 Å². The van der Waals surface area contributed by atoms with Gasteiger partial charge >= 0.3 is 0 Å². The Morgan fingerprint density at radius 1 is 1.38 bits per heavy atom. The minimum atomic E-state index is 0.474. The number of ether oxygens (including phenoxy) is 2. The second-order valence-electron chi connectivity index (χ2n) is 3.32. The first kappa shape index (κ1) is 12.6. The van der Waals surface area contributed by atoms with Gasteiger partial charge in [0, 0.05) is 0 Å².